The third-order valence-corrected chi connectivity index (χ3v) is 4.48. The molecule has 0 spiro atoms. The number of para-hydroxylation sites is 1. The van der Waals surface area contributed by atoms with Gasteiger partial charge < -0.3 is 4.57 Å². The minimum atomic E-state index is -0.420. The van der Waals surface area contributed by atoms with E-state index in [1.165, 1.54) is 16.7 Å². The van der Waals surface area contributed by atoms with Crippen LogP contribution in [0.25, 0.3) is 17.0 Å². The molecule has 2 aromatic carbocycles. The van der Waals surface area contributed by atoms with Crippen LogP contribution >= 0.6 is 0 Å². The second-order valence-corrected chi connectivity index (χ2v) is 6.13. The third-order valence-electron chi connectivity index (χ3n) is 4.48. The number of nitrogens with zero attached hydrogens (tertiary/aromatic N) is 2. The Morgan fingerprint density at radius 3 is 2.62 bits per heavy atom. The number of hydrogen-bond acceptors (Lipinski definition) is 2. The van der Waals surface area contributed by atoms with E-state index in [-0.39, 0.29) is 0 Å². The first kappa shape index (κ1) is 16.0. The van der Waals surface area contributed by atoms with Gasteiger partial charge in [0.2, 0.25) is 6.20 Å². The van der Waals surface area contributed by atoms with Gasteiger partial charge in [-0.3, -0.25) is 10.1 Å². The Labute approximate surface area is 141 Å². The van der Waals surface area contributed by atoms with Crippen LogP contribution in [0.4, 0.5) is 0 Å². The first-order valence-electron chi connectivity index (χ1n) is 7.93. The number of benzene rings is 2. The molecule has 1 aromatic heterocycles. The van der Waals surface area contributed by atoms with E-state index in [4.69, 9.17) is 0 Å². The van der Waals surface area contributed by atoms with Crippen molar-refractivity contribution in [2.45, 2.75) is 27.3 Å². The summed E-state index contributed by atoms with van der Waals surface area (Å²) >= 11 is 0. The third kappa shape index (κ3) is 2.95. The van der Waals surface area contributed by atoms with Crippen LogP contribution in [0.2, 0.25) is 0 Å². The maximum atomic E-state index is 10.7. The summed E-state index contributed by atoms with van der Waals surface area (Å²) in [5, 5.41) is 11.8. The lowest BCUT2D eigenvalue weighted by Gasteiger charge is -2.12. The second kappa shape index (κ2) is 6.32. The van der Waals surface area contributed by atoms with Gasteiger partial charge in [-0.25, -0.2) is 0 Å². The summed E-state index contributed by atoms with van der Waals surface area (Å²) in [4.78, 5) is 10.3. The Balaban J connectivity index is 2.16. The molecule has 0 unspecified atom stereocenters. The number of nitro groups is 1. The van der Waals surface area contributed by atoms with Crippen LogP contribution in [0.15, 0.2) is 48.7 Å². The van der Waals surface area contributed by atoms with Crippen molar-refractivity contribution in [1.29, 1.82) is 0 Å². The van der Waals surface area contributed by atoms with Gasteiger partial charge in [-0.1, -0.05) is 42.0 Å². The largest absolute Gasteiger partial charge is 0.340 e. The molecule has 0 fully saturated rings. The molecule has 3 rings (SSSR count). The minimum Gasteiger partial charge on any atom is -0.340 e. The van der Waals surface area contributed by atoms with E-state index in [9.17, 15) is 10.1 Å². The quantitative estimate of drug-likeness (QED) is 0.509. The monoisotopic (exact) mass is 320 g/mol. The molecule has 1 heterocycles. The number of aromatic nitrogens is 1. The molecule has 0 N–H and O–H groups in total. The summed E-state index contributed by atoms with van der Waals surface area (Å²) in [6.45, 7) is 6.98. The van der Waals surface area contributed by atoms with Crippen molar-refractivity contribution in [1.82, 2.24) is 4.57 Å². The van der Waals surface area contributed by atoms with Gasteiger partial charge in [0.15, 0.2) is 0 Å². The minimum absolute atomic E-state index is 0.420. The van der Waals surface area contributed by atoms with Gasteiger partial charge in [0.1, 0.15) is 0 Å². The smallest absolute Gasteiger partial charge is 0.235 e. The molecular weight excluding hydrogens is 300 g/mol. The van der Waals surface area contributed by atoms with Gasteiger partial charge in [0, 0.05) is 34.8 Å². The average molecular weight is 320 g/mol. The Hall–Kier alpha value is -2.88. The zero-order chi connectivity index (χ0) is 17.3. The van der Waals surface area contributed by atoms with Crippen LogP contribution in [0, 0.1) is 30.9 Å². The molecule has 0 aliphatic heterocycles. The summed E-state index contributed by atoms with van der Waals surface area (Å²) in [7, 11) is 0. The fourth-order valence-corrected chi connectivity index (χ4v) is 3.15. The van der Waals surface area contributed by atoms with Crippen molar-refractivity contribution in [3.05, 3.63) is 86.7 Å². The number of fused-ring (bicyclic) bond motifs is 1. The van der Waals surface area contributed by atoms with Crippen molar-refractivity contribution in [3.63, 3.8) is 0 Å². The molecule has 0 bridgehead atoms. The average Bonchev–Trinajstić information content (AvgIpc) is 2.81. The van der Waals surface area contributed by atoms with Crippen molar-refractivity contribution in [2.24, 2.45) is 0 Å². The summed E-state index contributed by atoms with van der Waals surface area (Å²) in [5.74, 6) is 0. The van der Waals surface area contributed by atoms with Crippen LogP contribution in [0.3, 0.4) is 0 Å². The lowest BCUT2D eigenvalue weighted by atomic mass is 10.1. The van der Waals surface area contributed by atoms with E-state index in [0.29, 0.717) is 0 Å². The molecule has 0 saturated heterocycles. The van der Waals surface area contributed by atoms with E-state index >= 15 is 0 Å². The van der Waals surface area contributed by atoms with Crippen molar-refractivity contribution in [2.75, 3.05) is 0 Å². The molecule has 0 saturated carbocycles. The molecule has 4 heteroatoms. The molecular formula is C20H20N2O2. The molecule has 0 aliphatic carbocycles. The van der Waals surface area contributed by atoms with E-state index in [1.807, 2.05) is 25.1 Å². The second-order valence-electron chi connectivity index (χ2n) is 6.13. The highest BCUT2D eigenvalue weighted by molar-refractivity contribution is 5.91. The Bertz CT molecular complexity index is 952. The Morgan fingerprint density at radius 1 is 1.12 bits per heavy atom. The summed E-state index contributed by atoms with van der Waals surface area (Å²) < 4.78 is 2.23. The molecule has 24 heavy (non-hydrogen) atoms. The fourth-order valence-electron chi connectivity index (χ4n) is 3.15. The zero-order valence-electron chi connectivity index (χ0n) is 14.1. The molecule has 122 valence electrons. The summed E-state index contributed by atoms with van der Waals surface area (Å²) in [5.41, 5.74) is 6.80. The normalized spacial score (nSPS) is 11.5. The topological polar surface area (TPSA) is 48.1 Å². The zero-order valence-corrected chi connectivity index (χ0v) is 14.1. The fraction of sp³-hybridized carbons (Fsp3) is 0.200. The molecule has 0 atom stereocenters. The Morgan fingerprint density at radius 2 is 1.88 bits per heavy atom. The van der Waals surface area contributed by atoms with E-state index in [1.54, 1.807) is 6.08 Å². The van der Waals surface area contributed by atoms with Crippen molar-refractivity contribution < 1.29 is 4.92 Å². The maximum absolute atomic E-state index is 10.7. The maximum Gasteiger partial charge on any atom is 0.235 e. The van der Waals surface area contributed by atoms with Gasteiger partial charge in [-0.15, -0.1) is 0 Å². The summed E-state index contributed by atoms with van der Waals surface area (Å²) in [6.07, 6.45) is 2.61. The molecule has 0 aliphatic rings. The van der Waals surface area contributed by atoms with Crippen LogP contribution < -0.4 is 0 Å². The predicted octanol–water partition coefficient (Wildman–Crippen LogP) is 4.86. The highest BCUT2D eigenvalue weighted by Crippen LogP contribution is 2.28. The van der Waals surface area contributed by atoms with E-state index in [2.05, 4.69) is 42.7 Å². The molecule has 0 radical (unpaired) electrons. The predicted molar refractivity (Wildman–Crippen MR) is 97.7 cm³/mol. The van der Waals surface area contributed by atoms with Gasteiger partial charge in [0.05, 0.1) is 4.92 Å². The van der Waals surface area contributed by atoms with Gasteiger partial charge in [-0.2, -0.15) is 0 Å². The van der Waals surface area contributed by atoms with Crippen LogP contribution in [0.1, 0.15) is 27.9 Å². The highest BCUT2D eigenvalue weighted by atomic mass is 16.6. The summed E-state index contributed by atoms with van der Waals surface area (Å²) in [6, 6.07) is 14.5. The van der Waals surface area contributed by atoms with Crippen LogP contribution in [-0.2, 0) is 6.54 Å². The first-order chi connectivity index (χ1) is 11.5. The van der Waals surface area contributed by atoms with E-state index in [0.717, 1.165) is 34.9 Å². The Kier molecular flexibility index (Phi) is 4.21. The molecule has 3 aromatic rings. The highest BCUT2D eigenvalue weighted by Gasteiger charge is 2.13. The number of hydrogen-bond donors (Lipinski definition) is 0. The number of aryl methyl sites for hydroxylation is 2. The SMILES string of the molecule is Cc1ccc(C)c(Cn2c(C)c(C=C[N+](=O)[O-])c3ccccc32)c1. The lowest BCUT2D eigenvalue weighted by molar-refractivity contribution is -0.400. The van der Waals surface area contributed by atoms with Gasteiger partial charge in [-0.05, 0) is 38.0 Å². The van der Waals surface area contributed by atoms with Crippen LogP contribution in [-0.4, -0.2) is 9.49 Å². The van der Waals surface area contributed by atoms with Crippen molar-refractivity contribution >= 4 is 17.0 Å². The lowest BCUT2D eigenvalue weighted by Crippen LogP contribution is -2.04. The molecule has 4 nitrogen and oxygen atoms in total. The van der Waals surface area contributed by atoms with Crippen molar-refractivity contribution in [3.8, 4) is 0 Å². The van der Waals surface area contributed by atoms with Gasteiger partial charge in [0.25, 0.3) is 0 Å². The van der Waals surface area contributed by atoms with E-state index < -0.39 is 4.92 Å². The molecule has 0 amide bonds. The number of rotatable bonds is 4. The standard InChI is InChI=1S/C20H20N2O2/c1-14-8-9-15(2)17(12-14)13-21-16(3)18(10-11-22(23)24)19-6-4-5-7-20(19)21/h4-12H,13H2,1-3H3. The van der Waals surface area contributed by atoms with Crippen LogP contribution in [0.5, 0.6) is 0 Å². The van der Waals surface area contributed by atoms with Gasteiger partial charge >= 0.3 is 0 Å². The first-order valence-corrected chi connectivity index (χ1v) is 7.93.